The van der Waals surface area contributed by atoms with Gasteiger partial charge in [0.2, 0.25) is 5.91 Å². The standard InChI is InChI=1S/C24H29N7O2S/c25-15-18-17(2-1-3-19(18)26)23-28-20-14-16(4-5-21(32)30-8-6-27-7-9-30)34-22(20)24(29-23)31-10-12-33-13-11-31/h1-3,14-15,25,27H,4-13,26H2. The molecule has 0 spiro atoms. The zero-order valence-electron chi connectivity index (χ0n) is 19.0. The minimum Gasteiger partial charge on any atom is -0.398 e. The molecular formula is C24H29N7O2S. The topological polar surface area (TPSA) is 120 Å². The number of aryl methyl sites for hydroxylation is 1. The summed E-state index contributed by atoms with van der Waals surface area (Å²) in [5.41, 5.74) is 8.88. The molecule has 9 nitrogen and oxygen atoms in total. The van der Waals surface area contributed by atoms with E-state index in [2.05, 4.69) is 16.3 Å². The van der Waals surface area contributed by atoms with E-state index in [-0.39, 0.29) is 5.91 Å². The highest BCUT2D eigenvalue weighted by atomic mass is 32.1. The second-order valence-electron chi connectivity index (χ2n) is 8.48. The van der Waals surface area contributed by atoms with Crippen molar-refractivity contribution in [1.82, 2.24) is 20.2 Å². The quantitative estimate of drug-likeness (QED) is 0.366. The third-order valence-corrected chi connectivity index (χ3v) is 7.48. The Kier molecular flexibility index (Phi) is 6.70. The van der Waals surface area contributed by atoms with Crippen LogP contribution in [-0.2, 0) is 16.0 Å². The third-order valence-electron chi connectivity index (χ3n) is 6.30. The summed E-state index contributed by atoms with van der Waals surface area (Å²) < 4.78 is 6.58. The summed E-state index contributed by atoms with van der Waals surface area (Å²) in [6, 6.07) is 7.63. The number of thiophene rings is 1. The number of fused-ring (bicyclic) bond motifs is 1. The lowest BCUT2D eigenvalue weighted by atomic mass is 10.1. The van der Waals surface area contributed by atoms with Crippen LogP contribution in [0.1, 0.15) is 16.9 Å². The molecule has 0 bridgehead atoms. The van der Waals surface area contributed by atoms with Gasteiger partial charge in [-0.05, 0) is 18.6 Å². The van der Waals surface area contributed by atoms with Crippen molar-refractivity contribution in [2.75, 3.05) is 63.1 Å². The van der Waals surface area contributed by atoms with E-state index in [0.717, 1.165) is 65.7 Å². The average Bonchev–Trinajstić information content (AvgIpc) is 3.30. The van der Waals surface area contributed by atoms with Gasteiger partial charge in [-0.15, -0.1) is 11.3 Å². The van der Waals surface area contributed by atoms with Gasteiger partial charge in [-0.25, -0.2) is 9.97 Å². The van der Waals surface area contributed by atoms with Crippen LogP contribution in [-0.4, -0.2) is 79.5 Å². The van der Waals surface area contributed by atoms with Crippen LogP contribution in [0, 0.1) is 5.41 Å². The first-order valence-corrected chi connectivity index (χ1v) is 12.5. The zero-order chi connectivity index (χ0) is 23.5. The van der Waals surface area contributed by atoms with Crippen LogP contribution in [0.4, 0.5) is 11.5 Å². The van der Waals surface area contributed by atoms with Gasteiger partial charge < -0.3 is 31.0 Å². The molecule has 0 unspecified atom stereocenters. The third kappa shape index (κ3) is 4.61. The van der Waals surface area contributed by atoms with Gasteiger partial charge in [0.1, 0.15) is 0 Å². The first-order valence-electron chi connectivity index (χ1n) is 11.6. The molecule has 5 rings (SSSR count). The lowest BCUT2D eigenvalue weighted by Crippen LogP contribution is -2.46. The van der Waals surface area contributed by atoms with E-state index in [1.807, 2.05) is 17.0 Å². The maximum Gasteiger partial charge on any atom is 0.223 e. The van der Waals surface area contributed by atoms with Gasteiger partial charge in [-0.1, -0.05) is 12.1 Å². The van der Waals surface area contributed by atoms with E-state index >= 15 is 0 Å². The Morgan fingerprint density at radius 2 is 2.00 bits per heavy atom. The Bertz CT molecular complexity index is 1200. The largest absolute Gasteiger partial charge is 0.398 e. The smallest absolute Gasteiger partial charge is 0.223 e. The van der Waals surface area contributed by atoms with E-state index in [9.17, 15) is 4.79 Å². The highest BCUT2D eigenvalue weighted by Gasteiger charge is 2.22. The van der Waals surface area contributed by atoms with Crippen molar-refractivity contribution < 1.29 is 9.53 Å². The van der Waals surface area contributed by atoms with Crippen LogP contribution in [0.25, 0.3) is 21.6 Å². The molecule has 0 saturated carbocycles. The van der Waals surface area contributed by atoms with Crippen LogP contribution in [0.3, 0.4) is 0 Å². The number of hydrogen-bond acceptors (Lipinski definition) is 9. The molecule has 3 aromatic rings. The molecule has 10 heteroatoms. The maximum atomic E-state index is 12.7. The van der Waals surface area contributed by atoms with E-state index in [1.165, 1.54) is 6.21 Å². The molecule has 0 radical (unpaired) electrons. The SMILES string of the molecule is N=Cc1c(N)cccc1-c1nc(N2CCOCC2)c2sc(CCC(=O)N3CCNCC3)cc2n1. The molecule has 0 atom stereocenters. The predicted octanol–water partition coefficient (Wildman–Crippen LogP) is 2.14. The Morgan fingerprint density at radius 3 is 2.76 bits per heavy atom. The molecule has 2 aromatic heterocycles. The summed E-state index contributed by atoms with van der Waals surface area (Å²) in [7, 11) is 0. The van der Waals surface area contributed by atoms with E-state index < -0.39 is 0 Å². The Balaban J connectivity index is 1.49. The minimum atomic E-state index is 0.203. The summed E-state index contributed by atoms with van der Waals surface area (Å²) in [6.07, 6.45) is 2.44. The summed E-state index contributed by atoms with van der Waals surface area (Å²) in [5, 5.41) is 11.1. The highest BCUT2D eigenvalue weighted by molar-refractivity contribution is 7.19. The number of piperazine rings is 1. The number of nitrogens with zero attached hydrogens (tertiary/aromatic N) is 4. The summed E-state index contributed by atoms with van der Waals surface area (Å²) >= 11 is 1.66. The number of aromatic nitrogens is 2. The maximum absolute atomic E-state index is 12.7. The van der Waals surface area contributed by atoms with Gasteiger partial charge in [0.15, 0.2) is 11.6 Å². The van der Waals surface area contributed by atoms with Crippen molar-refractivity contribution in [3.05, 3.63) is 34.7 Å². The molecule has 2 aliphatic heterocycles. The van der Waals surface area contributed by atoms with Gasteiger partial charge in [-0.2, -0.15) is 0 Å². The van der Waals surface area contributed by atoms with Crippen molar-refractivity contribution in [2.24, 2.45) is 0 Å². The van der Waals surface area contributed by atoms with E-state index in [1.54, 1.807) is 17.4 Å². The van der Waals surface area contributed by atoms with Crippen molar-refractivity contribution in [3.63, 3.8) is 0 Å². The highest BCUT2D eigenvalue weighted by Crippen LogP contribution is 2.36. The van der Waals surface area contributed by atoms with E-state index in [4.69, 9.17) is 25.8 Å². The van der Waals surface area contributed by atoms with Crippen molar-refractivity contribution in [2.45, 2.75) is 12.8 Å². The molecule has 34 heavy (non-hydrogen) atoms. The lowest BCUT2D eigenvalue weighted by molar-refractivity contribution is -0.131. The molecule has 2 fully saturated rings. The number of anilines is 2. The molecular weight excluding hydrogens is 450 g/mol. The monoisotopic (exact) mass is 479 g/mol. The van der Waals surface area contributed by atoms with Crippen LogP contribution in [0.2, 0.25) is 0 Å². The summed E-state index contributed by atoms with van der Waals surface area (Å²) in [6.45, 7) is 6.09. The van der Waals surface area contributed by atoms with Gasteiger partial charge in [0.25, 0.3) is 0 Å². The number of nitrogen functional groups attached to an aromatic ring is 1. The summed E-state index contributed by atoms with van der Waals surface area (Å²) in [4.78, 5) is 27.8. The zero-order valence-corrected chi connectivity index (χ0v) is 19.9. The molecule has 2 aliphatic rings. The van der Waals surface area contributed by atoms with Gasteiger partial charge in [0.05, 0.1) is 23.4 Å². The minimum absolute atomic E-state index is 0.203. The average molecular weight is 480 g/mol. The molecule has 0 aliphatic carbocycles. The fraction of sp³-hybridized carbons (Fsp3) is 0.417. The number of morpholine rings is 1. The Labute approximate surface area is 202 Å². The van der Waals surface area contributed by atoms with Crippen LogP contribution >= 0.6 is 11.3 Å². The Hall–Kier alpha value is -3.08. The molecule has 2 saturated heterocycles. The fourth-order valence-corrected chi connectivity index (χ4v) is 5.55. The lowest BCUT2D eigenvalue weighted by Gasteiger charge is -2.28. The van der Waals surface area contributed by atoms with Gasteiger partial charge in [0, 0.05) is 73.6 Å². The second-order valence-corrected chi connectivity index (χ2v) is 9.62. The normalized spacial score (nSPS) is 16.7. The van der Waals surface area contributed by atoms with Gasteiger partial charge in [-0.3, -0.25) is 4.79 Å². The molecule has 1 aromatic carbocycles. The van der Waals surface area contributed by atoms with Crippen molar-refractivity contribution >= 4 is 45.2 Å². The number of benzene rings is 1. The number of ether oxygens (including phenoxy) is 1. The molecule has 178 valence electrons. The molecule has 1 amide bonds. The van der Waals surface area contributed by atoms with Crippen molar-refractivity contribution in [1.29, 1.82) is 5.41 Å². The number of nitrogens with two attached hydrogens (primary N) is 1. The number of hydrogen-bond donors (Lipinski definition) is 3. The number of carbonyl (C=O) groups excluding carboxylic acids is 1. The van der Waals surface area contributed by atoms with Crippen molar-refractivity contribution in [3.8, 4) is 11.4 Å². The van der Waals surface area contributed by atoms with Crippen LogP contribution < -0.4 is 16.0 Å². The summed E-state index contributed by atoms with van der Waals surface area (Å²) in [5.74, 6) is 1.64. The van der Waals surface area contributed by atoms with Crippen LogP contribution in [0.15, 0.2) is 24.3 Å². The fourth-order valence-electron chi connectivity index (χ4n) is 4.44. The number of carbonyl (C=O) groups is 1. The van der Waals surface area contributed by atoms with E-state index in [0.29, 0.717) is 43.1 Å². The molecule has 4 N–H and O–H groups in total. The number of rotatable bonds is 6. The predicted molar refractivity (Wildman–Crippen MR) is 136 cm³/mol. The van der Waals surface area contributed by atoms with Crippen LogP contribution in [0.5, 0.6) is 0 Å². The number of nitrogens with one attached hydrogen (secondary N) is 2. The number of amides is 1. The Morgan fingerprint density at radius 1 is 1.21 bits per heavy atom. The second kappa shape index (κ2) is 10.0. The first-order chi connectivity index (χ1) is 16.6. The molecule has 4 heterocycles. The van der Waals surface area contributed by atoms with Gasteiger partial charge >= 0.3 is 0 Å². The first kappa shape index (κ1) is 22.7.